The molecule has 0 unspecified atom stereocenters. The van der Waals surface area contributed by atoms with Gasteiger partial charge in [0.15, 0.2) is 0 Å². The number of benzene rings is 10. The van der Waals surface area contributed by atoms with Crippen LogP contribution >= 0.6 is 0 Å². The number of nitrogens with zero attached hydrogens (tertiary/aromatic N) is 1. The summed E-state index contributed by atoms with van der Waals surface area (Å²) in [5, 5.41) is 7.04. The first-order chi connectivity index (χ1) is 30.0. The van der Waals surface area contributed by atoms with Gasteiger partial charge in [0.05, 0.1) is 11.4 Å². The topological polar surface area (TPSA) is 16.4 Å². The van der Waals surface area contributed by atoms with Crippen molar-refractivity contribution in [1.29, 1.82) is 0 Å². The largest absolute Gasteiger partial charge is 0.456 e. The number of para-hydroxylation sites is 1. The minimum Gasteiger partial charge on any atom is -0.456 e. The predicted molar refractivity (Wildman–Crippen MR) is 257 cm³/mol. The summed E-state index contributed by atoms with van der Waals surface area (Å²) in [7, 11) is 0. The Bertz CT molecular complexity index is 3500. The standard InChI is InChI=1S/C59H41NO/c1-59(2)50-30-15-13-26-45(50)46-33-32-42(37-51(46)59)60(58-48-28-12-10-25-44(48)43-24-9-11-27-47(43)55(58)39-20-7-4-8-21-39)52-34-35-54-57(49-29-14-16-31-53(49)61-54)56(52)41-23-17-22-40(36-41)38-18-5-3-6-19-38/h3-37H,1-2H3. The van der Waals surface area contributed by atoms with E-state index < -0.39 is 0 Å². The Morgan fingerprint density at radius 3 is 1.75 bits per heavy atom. The Labute approximate surface area is 355 Å². The highest BCUT2D eigenvalue weighted by Crippen LogP contribution is 2.56. The van der Waals surface area contributed by atoms with Gasteiger partial charge < -0.3 is 9.32 Å². The third-order valence-corrected chi connectivity index (χ3v) is 13.0. The fourth-order valence-electron chi connectivity index (χ4n) is 10.2. The summed E-state index contributed by atoms with van der Waals surface area (Å²) < 4.78 is 6.70. The lowest BCUT2D eigenvalue weighted by molar-refractivity contribution is 0.660. The third kappa shape index (κ3) is 5.42. The summed E-state index contributed by atoms with van der Waals surface area (Å²) in [4.78, 5) is 2.57. The third-order valence-electron chi connectivity index (χ3n) is 13.0. The average Bonchev–Trinajstić information content (AvgIpc) is 3.81. The molecule has 0 aliphatic heterocycles. The van der Waals surface area contributed by atoms with Crippen molar-refractivity contribution in [2.45, 2.75) is 19.3 Å². The predicted octanol–water partition coefficient (Wildman–Crippen LogP) is 16.7. The summed E-state index contributed by atoms with van der Waals surface area (Å²) >= 11 is 0. The van der Waals surface area contributed by atoms with Crippen LogP contribution in [0.1, 0.15) is 25.0 Å². The second kappa shape index (κ2) is 13.7. The molecule has 0 atom stereocenters. The van der Waals surface area contributed by atoms with E-state index >= 15 is 0 Å². The van der Waals surface area contributed by atoms with Crippen LogP contribution in [0.4, 0.5) is 17.1 Å². The normalized spacial score (nSPS) is 12.9. The van der Waals surface area contributed by atoms with Gasteiger partial charge in [-0.3, -0.25) is 0 Å². The Morgan fingerprint density at radius 2 is 0.967 bits per heavy atom. The molecule has 0 bridgehead atoms. The molecule has 2 heteroatoms. The minimum atomic E-state index is -0.196. The lowest BCUT2D eigenvalue weighted by Crippen LogP contribution is -2.17. The van der Waals surface area contributed by atoms with Gasteiger partial charge in [-0.15, -0.1) is 0 Å². The molecule has 10 aromatic carbocycles. The summed E-state index contributed by atoms with van der Waals surface area (Å²) in [6.07, 6.45) is 0. The van der Waals surface area contributed by atoms with Gasteiger partial charge in [-0.25, -0.2) is 0 Å². The molecule has 288 valence electrons. The first-order valence-electron chi connectivity index (χ1n) is 21.2. The molecule has 0 saturated heterocycles. The van der Waals surface area contributed by atoms with E-state index in [2.05, 4.69) is 231 Å². The van der Waals surface area contributed by atoms with Gasteiger partial charge in [0.1, 0.15) is 11.2 Å². The van der Waals surface area contributed by atoms with E-state index in [0.717, 1.165) is 50.1 Å². The highest BCUT2D eigenvalue weighted by molar-refractivity contribution is 6.24. The van der Waals surface area contributed by atoms with Crippen LogP contribution in [0.15, 0.2) is 217 Å². The van der Waals surface area contributed by atoms with Crippen molar-refractivity contribution in [2.75, 3.05) is 4.90 Å². The molecule has 11 aromatic rings. The van der Waals surface area contributed by atoms with Crippen molar-refractivity contribution in [2.24, 2.45) is 0 Å². The molecule has 1 aromatic heterocycles. The van der Waals surface area contributed by atoms with E-state index in [1.54, 1.807) is 0 Å². The van der Waals surface area contributed by atoms with Gasteiger partial charge in [0, 0.05) is 38.4 Å². The molecule has 61 heavy (non-hydrogen) atoms. The summed E-state index contributed by atoms with van der Waals surface area (Å²) in [6, 6.07) is 77.6. The first-order valence-corrected chi connectivity index (χ1v) is 21.2. The van der Waals surface area contributed by atoms with Crippen LogP contribution in [0.5, 0.6) is 0 Å². The van der Waals surface area contributed by atoms with Gasteiger partial charge in [-0.2, -0.15) is 0 Å². The zero-order chi connectivity index (χ0) is 40.7. The zero-order valence-corrected chi connectivity index (χ0v) is 34.1. The molecule has 1 aliphatic carbocycles. The maximum atomic E-state index is 6.70. The molecule has 1 aliphatic rings. The second-order valence-electron chi connectivity index (χ2n) is 16.8. The van der Waals surface area contributed by atoms with E-state index in [1.165, 1.54) is 66.1 Å². The number of hydrogen-bond acceptors (Lipinski definition) is 2. The van der Waals surface area contributed by atoms with Crippen molar-refractivity contribution in [1.82, 2.24) is 0 Å². The minimum absolute atomic E-state index is 0.196. The molecular weight excluding hydrogens is 739 g/mol. The number of anilines is 3. The molecule has 1 heterocycles. The Balaban J connectivity index is 1.26. The maximum absolute atomic E-state index is 6.70. The molecule has 2 nitrogen and oxygen atoms in total. The van der Waals surface area contributed by atoms with E-state index in [-0.39, 0.29) is 5.41 Å². The zero-order valence-electron chi connectivity index (χ0n) is 34.1. The number of furan rings is 1. The van der Waals surface area contributed by atoms with Gasteiger partial charge in [-0.05, 0) is 97.1 Å². The van der Waals surface area contributed by atoms with E-state index in [0.29, 0.717) is 0 Å². The Morgan fingerprint density at radius 1 is 0.377 bits per heavy atom. The molecule has 0 radical (unpaired) electrons. The van der Waals surface area contributed by atoms with Crippen molar-refractivity contribution in [3.63, 3.8) is 0 Å². The van der Waals surface area contributed by atoms with Gasteiger partial charge in [-0.1, -0.05) is 190 Å². The highest BCUT2D eigenvalue weighted by Gasteiger charge is 2.36. The smallest absolute Gasteiger partial charge is 0.136 e. The van der Waals surface area contributed by atoms with Crippen LogP contribution in [-0.2, 0) is 5.41 Å². The van der Waals surface area contributed by atoms with Crippen LogP contribution in [0.3, 0.4) is 0 Å². The maximum Gasteiger partial charge on any atom is 0.136 e. The number of hydrogen-bond donors (Lipinski definition) is 0. The molecule has 0 saturated carbocycles. The first kappa shape index (κ1) is 35.3. The molecule has 0 fully saturated rings. The SMILES string of the molecule is CC1(C)c2ccccc2-c2ccc(N(c3ccc4oc5ccccc5c4c3-c3cccc(-c4ccccc4)c3)c3c(-c4ccccc4)c4ccccc4c4ccccc34)cc21. The fraction of sp³-hybridized carbons (Fsp3) is 0.0508. The summed E-state index contributed by atoms with van der Waals surface area (Å²) in [5.74, 6) is 0. The van der Waals surface area contributed by atoms with Gasteiger partial charge in [0.2, 0.25) is 0 Å². The molecular formula is C59H41NO. The monoisotopic (exact) mass is 779 g/mol. The number of fused-ring (bicyclic) bond motifs is 9. The summed E-state index contributed by atoms with van der Waals surface area (Å²) in [5.41, 5.74) is 17.1. The molecule has 12 rings (SSSR count). The molecule has 0 amide bonds. The van der Waals surface area contributed by atoms with E-state index in [4.69, 9.17) is 4.42 Å². The molecule has 0 spiro atoms. The van der Waals surface area contributed by atoms with Gasteiger partial charge in [0.25, 0.3) is 0 Å². The Kier molecular flexibility index (Phi) is 7.92. The Hall–Kier alpha value is -7.68. The fourth-order valence-corrected chi connectivity index (χ4v) is 10.2. The molecule has 0 N–H and O–H groups in total. The van der Waals surface area contributed by atoms with E-state index in [9.17, 15) is 0 Å². The van der Waals surface area contributed by atoms with Crippen molar-refractivity contribution < 1.29 is 4.42 Å². The highest BCUT2D eigenvalue weighted by atomic mass is 16.3. The second-order valence-corrected chi connectivity index (χ2v) is 16.8. The van der Waals surface area contributed by atoms with Crippen molar-refractivity contribution in [3.8, 4) is 44.5 Å². The van der Waals surface area contributed by atoms with E-state index in [1.807, 2.05) is 0 Å². The van der Waals surface area contributed by atoms with Crippen LogP contribution in [0.2, 0.25) is 0 Å². The van der Waals surface area contributed by atoms with Crippen LogP contribution in [0.25, 0.3) is 88.0 Å². The lowest BCUT2D eigenvalue weighted by atomic mass is 9.82. The lowest BCUT2D eigenvalue weighted by Gasteiger charge is -2.33. The van der Waals surface area contributed by atoms with Crippen LogP contribution in [-0.4, -0.2) is 0 Å². The average molecular weight is 780 g/mol. The quantitative estimate of drug-likeness (QED) is 0.156. The number of rotatable bonds is 6. The van der Waals surface area contributed by atoms with Crippen LogP contribution < -0.4 is 4.90 Å². The van der Waals surface area contributed by atoms with Crippen molar-refractivity contribution >= 4 is 60.5 Å². The van der Waals surface area contributed by atoms with Gasteiger partial charge >= 0.3 is 0 Å². The summed E-state index contributed by atoms with van der Waals surface area (Å²) in [6.45, 7) is 4.74. The van der Waals surface area contributed by atoms with Crippen molar-refractivity contribution in [3.05, 3.63) is 223 Å². The van der Waals surface area contributed by atoms with Crippen LogP contribution in [0, 0.1) is 0 Å².